The van der Waals surface area contributed by atoms with Gasteiger partial charge in [0.15, 0.2) is 5.76 Å². The van der Waals surface area contributed by atoms with E-state index in [-0.39, 0.29) is 27.8 Å². The summed E-state index contributed by atoms with van der Waals surface area (Å²) >= 11 is 0.830. The van der Waals surface area contributed by atoms with Crippen LogP contribution in [0.5, 0.6) is 5.75 Å². The van der Waals surface area contributed by atoms with Gasteiger partial charge in [-0.3, -0.25) is 14.3 Å². The van der Waals surface area contributed by atoms with E-state index in [1.165, 1.54) is 12.1 Å². The lowest BCUT2D eigenvalue weighted by atomic mass is 10.0. The fourth-order valence-corrected chi connectivity index (χ4v) is 5.46. The number of anilines is 1. The van der Waals surface area contributed by atoms with Gasteiger partial charge >= 0.3 is 0 Å². The predicted octanol–water partition coefficient (Wildman–Crippen LogP) is 6.57. The van der Waals surface area contributed by atoms with Gasteiger partial charge in [0.1, 0.15) is 33.5 Å². The van der Waals surface area contributed by atoms with Crippen molar-refractivity contribution in [2.45, 2.75) is 47.3 Å². The number of nitrogens with zero attached hydrogens (tertiary/aromatic N) is 3. The predicted molar refractivity (Wildman–Crippen MR) is 152 cm³/mol. The number of aromatic nitrogens is 3. The summed E-state index contributed by atoms with van der Waals surface area (Å²) in [5, 5.41) is 7.45. The van der Waals surface area contributed by atoms with E-state index in [1.807, 2.05) is 39.0 Å². The van der Waals surface area contributed by atoms with Crippen molar-refractivity contribution >= 4 is 39.1 Å². The second-order valence-corrected chi connectivity index (χ2v) is 10.5. The minimum Gasteiger partial charge on any atom is -0.485 e. The number of furan rings is 1. The first-order valence-corrected chi connectivity index (χ1v) is 13.6. The Labute approximate surface area is 237 Å². The summed E-state index contributed by atoms with van der Waals surface area (Å²) in [5.41, 5.74) is 8.75. The highest BCUT2D eigenvalue weighted by atomic mass is 32.1. The van der Waals surface area contributed by atoms with Gasteiger partial charge in [-0.05, 0) is 68.7 Å². The minimum absolute atomic E-state index is 0.0286. The maximum Gasteiger partial charge on any atom is 0.291 e. The van der Waals surface area contributed by atoms with Crippen LogP contribution < -0.4 is 15.8 Å². The van der Waals surface area contributed by atoms with Gasteiger partial charge in [0.25, 0.3) is 18.2 Å². The third-order valence-electron chi connectivity index (χ3n) is 6.53. The molecule has 41 heavy (non-hydrogen) atoms. The lowest BCUT2D eigenvalue weighted by molar-refractivity contribution is 0.0992. The largest absolute Gasteiger partial charge is 0.485 e. The van der Waals surface area contributed by atoms with Crippen LogP contribution in [0.3, 0.4) is 0 Å². The van der Waals surface area contributed by atoms with Gasteiger partial charge < -0.3 is 20.2 Å². The number of nitrogens with one attached hydrogen (secondary N) is 1. The van der Waals surface area contributed by atoms with Gasteiger partial charge in [-0.15, -0.1) is 11.3 Å². The van der Waals surface area contributed by atoms with Crippen LogP contribution in [0.1, 0.15) is 61.9 Å². The monoisotopic (exact) mass is 579 g/mol. The molecule has 5 rings (SSSR count). The minimum atomic E-state index is -2.86. The number of carbonyl (C=O) groups excluding carboxylic acids is 2. The molecule has 0 radical (unpaired) electrons. The number of thiophene rings is 1. The van der Waals surface area contributed by atoms with E-state index >= 15 is 0 Å². The zero-order valence-corrected chi connectivity index (χ0v) is 23.6. The lowest BCUT2D eigenvalue weighted by Gasteiger charge is -2.10. The van der Waals surface area contributed by atoms with Crippen molar-refractivity contribution in [3.05, 3.63) is 81.5 Å². The average Bonchev–Trinajstić information content (AvgIpc) is 3.65. The van der Waals surface area contributed by atoms with Gasteiger partial charge in [0.2, 0.25) is 0 Å². The summed E-state index contributed by atoms with van der Waals surface area (Å²) in [6.45, 7) is 8.19. The molecule has 0 aliphatic carbocycles. The summed E-state index contributed by atoms with van der Waals surface area (Å²) in [7, 11) is 0. The molecule has 0 unspecified atom stereocenters. The molecule has 0 spiro atoms. The number of hydrogen-bond donors (Lipinski definition) is 2. The summed E-state index contributed by atoms with van der Waals surface area (Å²) in [6, 6.07) is 10.2. The van der Waals surface area contributed by atoms with E-state index < -0.39 is 23.9 Å². The van der Waals surface area contributed by atoms with Crippen molar-refractivity contribution in [3.63, 3.8) is 0 Å². The Kier molecular flexibility index (Phi) is 7.59. The average molecular weight is 580 g/mol. The van der Waals surface area contributed by atoms with Crippen molar-refractivity contribution in [1.82, 2.24) is 14.8 Å². The summed E-state index contributed by atoms with van der Waals surface area (Å²) in [6.07, 6.45) is -1.13. The van der Waals surface area contributed by atoms with Crippen LogP contribution in [-0.4, -0.2) is 26.6 Å². The number of carbonyl (C=O) groups is 2. The number of hydrogen-bond acceptors (Lipinski definition) is 7. The maximum absolute atomic E-state index is 13.8. The molecular formula is C29H27F2N5O4S. The molecule has 12 heteroatoms. The number of ether oxygens (including phenoxy) is 1. The van der Waals surface area contributed by atoms with Crippen LogP contribution in [0.2, 0.25) is 0 Å². The molecule has 4 heterocycles. The van der Waals surface area contributed by atoms with Crippen LogP contribution in [0.15, 0.2) is 47.0 Å². The molecular weight excluding hydrogens is 552 g/mol. The number of fused-ring (bicyclic) bond motifs is 1. The highest BCUT2D eigenvalue weighted by Crippen LogP contribution is 2.43. The first kappa shape index (κ1) is 28.0. The van der Waals surface area contributed by atoms with Crippen molar-refractivity contribution in [2.75, 3.05) is 5.32 Å². The van der Waals surface area contributed by atoms with Crippen molar-refractivity contribution in [1.29, 1.82) is 0 Å². The molecule has 0 bridgehead atoms. The first-order chi connectivity index (χ1) is 19.5. The molecule has 0 saturated heterocycles. The molecule has 1 aromatic carbocycles. The summed E-state index contributed by atoms with van der Waals surface area (Å²) in [4.78, 5) is 29.9. The third kappa shape index (κ3) is 5.55. The first-order valence-electron chi connectivity index (χ1n) is 12.8. The molecule has 212 valence electrons. The maximum atomic E-state index is 13.8. The summed E-state index contributed by atoms with van der Waals surface area (Å²) < 4.78 is 40.9. The Morgan fingerprint density at radius 1 is 1.15 bits per heavy atom. The number of primary amides is 1. The van der Waals surface area contributed by atoms with Gasteiger partial charge in [0, 0.05) is 23.7 Å². The number of rotatable bonds is 9. The normalized spacial score (nSPS) is 11.4. The number of halogens is 2. The Balaban J connectivity index is 1.51. The van der Waals surface area contributed by atoms with E-state index in [0.29, 0.717) is 40.3 Å². The highest BCUT2D eigenvalue weighted by molar-refractivity contribution is 7.21. The quantitative estimate of drug-likeness (QED) is 0.204. The van der Waals surface area contributed by atoms with E-state index in [2.05, 4.69) is 15.4 Å². The Bertz CT molecular complexity index is 1790. The smallest absolute Gasteiger partial charge is 0.291 e. The number of benzene rings is 1. The number of pyridine rings is 1. The Morgan fingerprint density at radius 3 is 2.61 bits per heavy atom. The lowest BCUT2D eigenvalue weighted by Crippen LogP contribution is -2.16. The molecule has 2 amide bonds. The van der Waals surface area contributed by atoms with Crippen LogP contribution in [0.4, 0.5) is 14.5 Å². The van der Waals surface area contributed by atoms with Crippen molar-refractivity contribution in [2.24, 2.45) is 5.73 Å². The van der Waals surface area contributed by atoms with E-state index in [0.717, 1.165) is 22.5 Å². The van der Waals surface area contributed by atoms with Crippen molar-refractivity contribution in [3.8, 4) is 16.9 Å². The van der Waals surface area contributed by atoms with Crippen LogP contribution in [0.25, 0.3) is 21.3 Å². The molecule has 0 fully saturated rings. The molecule has 5 aromatic rings. The standard InChI is InChI=1S/C29H27F2N5O4S/c1-5-36-12-19(16(4)35-36)18-11-20(26(30)31)33-29-23(18)24(25(41-29)27(32)37)34-28(38)21-9-8-17(40-21)13-39-22-10-14(2)6-7-15(22)3/h6-12,26H,5,13H2,1-4H3,(H2,32,37)(H,34,38). The van der Waals surface area contributed by atoms with Gasteiger partial charge in [0.05, 0.1) is 11.4 Å². The van der Waals surface area contributed by atoms with Crippen molar-refractivity contribution < 1.29 is 27.5 Å². The zero-order valence-electron chi connectivity index (χ0n) is 22.7. The fourth-order valence-electron chi connectivity index (χ4n) is 4.44. The van der Waals surface area contributed by atoms with Gasteiger partial charge in [-0.1, -0.05) is 12.1 Å². The topological polar surface area (TPSA) is 125 Å². The van der Waals surface area contributed by atoms with Gasteiger partial charge in [-0.2, -0.15) is 5.10 Å². The van der Waals surface area contributed by atoms with Gasteiger partial charge in [-0.25, -0.2) is 13.8 Å². The van der Waals surface area contributed by atoms with E-state index in [9.17, 15) is 18.4 Å². The van der Waals surface area contributed by atoms with E-state index in [4.69, 9.17) is 14.9 Å². The van der Waals surface area contributed by atoms with Crippen LogP contribution in [-0.2, 0) is 13.2 Å². The SMILES string of the molecule is CCn1cc(-c2cc(C(F)F)nc3sc(C(N)=O)c(NC(=O)c4ccc(COc5cc(C)ccc5C)o4)c23)c(C)n1. The second-order valence-electron chi connectivity index (χ2n) is 9.51. The Hall–Kier alpha value is -4.58. The molecule has 0 saturated carbocycles. The zero-order chi connectivity index (χ0) is 29.4. The molecule has 3 N–H and O–H groups in total. The number of aryl methyl sites for hydroxylation is 4. The number of amides is 2. The number of nitrogens with two attached hydrogens (primary N) is 1. The fraction of sp³-hybridized carbons (Fsp3) is 0.241. The highest BCUT2D eigenvalue weighted by Gasteiger charge is 2.27. The Morgan fingerprint density at radius 2 is 1.93 bits per heavy atom. The molecule has 4 aromatic heterocycles. The second kappa shape index (κ2) is 11.1. The summed E-state index contributed by atoms with van der Waals surface area (Å²) in [5.74, 6) is -0.417. The molecule has 0 atom stereocenters. The van der Waals surface area contributed by atoms with E-state index in [1.54, 1.807) is 23.9 Å². The molecule has 0 aliphatic rings. The molecule has 0 aliphatic heterocycles. The molecule has 9 nitrogen and oxygen atoms in total. The third-order valence-corrected chi connectivity index (χ3v) is 7.63. The van der Waals surface area contributed by atoms with Crippen LogP contribution >= 0.6 is 11.3 Å². The van der Waals surface area contributed by atoms with Crippen LogP contribution in [0, 0.1) is 20.8 Å². The number of alkyl halides is 2.